The monoisotopic (exact) mass is 420 g/mol. The number of quaternary nitrogens is 1. The van der Waals surface area contributed by atoms with Crippen molar-refractivity contribution in [2.45, 2.75) is 13.5 Å². The molecule has 0 aliphatic carbocycles. The minimum Gasteiger partial charge on any atom is -0.493 e. The number of carbonyl (C=O) groups is 2. The van der Waals surface area contributed by atoms with Gasteiger partial charge in [-0.3, -0.25) is 9.59 Å². The van der Waals surface area contributed by atoms with Crippen LogP contribution >= 0.6 is 11.6 Å². The van der Waals surface area contributed by atoms with E-state index in [1.165, 1.54) is 0 Å². The van der Waals surface area contributed by atoms with Crippen LogP contribution in [0.25, 0.3) is 0 Å². The summed E-state index contributed by atoms with van der Waals surface area (Å²) in [6.07, 6.45) is 0. The van der Waals surface area contributed by atoms with Gasteiger partial charge in [0, 0.05) is 16.3 Å². The summed E-state index contributed by atoms with van der Waals surface area (Å²) in [5.74, 6) is 0.796. The molecule has 1 unspecified atom stereocenters. The lowest BCUT2D eigenvalue weighted by molar-refractivity contribution is -0.885. The molecule has 156 valence electrons. The van der Waals surface area contributed by atoms with E-state index in [1.807, 2.05) is 32.2 Å². The highest BCUT2D eigenvalue weighted by Gasteiger charge is 2.14. The fraction of sp³-hybridized carbons (Fsp3) is 0.333. The predicted molar refractivity (Wildman–Crippen MR) is 113 cm³/mol. The first-order valence-corrected chi connectivity index (χ1v) is 9.55. The van der Waals surface area contributed by atoms with Crippen LogP contribution in [0.5, 0.6) is 11.5 Å². The van der Waals surface area contributed by atoms with Crippen LogP contribution in [-0.2, 0) is 16.1 Å². The maximum absolute atomic E-state index is 12.2. The Morgan fingerprint density at radius 1 is 1.07 bits per heavy atom. The van der Waals surface area contributed by atoms with E-state index in [-0.39, 0.29) is 24.9 Å². The number of hydrogen-bond acceptors (Lipinski definition) is 4. The fourth-order valence-corrected chi connectivity index (χ4v) is 3.03. The third-order valence-corrected chi connectivity index (χ3v) is 4.81. The molecule has 0 radical (unpaired) electrons. The van der Waals surface area contributed by atoms with Crippen molar-refractivity contribution >= 4 is 29.1 Å². The number of nitrogens with one attached hydrogen (secondary N) is 3. The Labute approximate surface area is 175 Å². The Hall–Kier alpha value is -2.77. The summed E-state index contributed by atoms with van der Waals surface area (Å²) in [5.41, 5.74) is 2.43. The van der Waals surface area contributed by atoms with Gasteiger partial charge in [0.15, 0.2) is 18.0 Å². The van der Waals surface area contributed by atoms with Crippen LogP contribution in [0.4, 0.5) is 5.69 Å². The lowest BCUT2D eigenvalue weighted by Gasteiger charge is -2.15. The van der Waals surface area contributed by atoms with Gasteiger partial charge >= 0.3 is 0 Å². The van der Waals surface area contributed by atoms with Gasteiger partial charge in [0.05, 0.1) is 27.8 Å². The van der Waals surface area contributed by atoms with Gasteiger partial charge in [-0.1, -0.05) is 17.7 Å². The maximum atomic E-state index is 12.2. The number of anilines is 1. The van der Waals surface area contributed by atoms with Crippen molar-refractivity contribution in [2.24, 2.45) is 0 Å². The molecular formula is C21H27ClN3O4+. The fourth-order valence-electron chi connectivity index (χ4n) is 2.85. The molecule has 0 fully saturated rings. The molecule has 2 amide bonds. The van der Waals surface area contributed by atoms with E-state index in [4.69, 9.17) is 21.1 Å². The number of rotatable bonds is 9. The molecule has 1 atom stereocenters. The van der Waals surface area contributed by atoms with E-state index >= 15 is 0 Å². The zero-order valence-electron chi connectivity index (χ0n) is 17.1. The molecule has 0 heterocycles. The molecule has 2 rings (SSSR count). The lowest BCUT2D eigenvalue weighted by Crippen LogP contribution is -3.08. The summed E-state index contributed by atoms with van der Waals surface area (Å²) >= 11 is 6.05. The first-order valence-electron chi connectivity index (χ1n) is 9.18. The van der Waals surface area contributed by atoms with Crippen molar-refractivity contribution in [3.05, 3.63) is 52.5 Å². The first-order chi connectivity index (χ1) is 13.8. The maximum Gasteiger partial charge on any atom is 0.275 e. The molecule has 0 bridgehead atoms. The average Bonchev–Trinajstić information content (AvgIpc) is 2.69. The molecule has 3 N–H and O–H groups in total. The highest BCUT2D eigenvalue weighted by atomic mass is 35.5. The second kappa shape index (κ2) is 10.7. The molecule has 8 heteroatoms. The van der Waals surface area contributed by atoms with Crippen molar-refractivity contribution in [1.29, 1.82) is 0 Å². The van der Waals surface area contributed by atoms with Crippen molar-refractivity contribution in [2.75, 3.05) is 39.7 Å². The minimum absolute atomic E-state index is 0.103. The number of likely N-dealkylation sites (N-methyl/N-ethyl adjacent to an activating group) is 1. The summed E-state index contributed by atoms with van der Waals surface area (Å²) < 4.78 is 10.5. The van der Waals surface area contributed by atoms with Crippen LogP contribution in [0, 0.1) is 6.92 Å². The predicted octanol–water partition coefficient (Wildman–Crippen LogP) is 1.44. The zero-order valence-corrected chi connectivity index (χ0v) is 17.9. The Balaban J connectivity index is 1.81. The normalized spacial score (nSPS) is 11.5. The van der Waals surface area contributed by atoms with Crippen LogP contribution in [0.3, 0.4) is 0 Å². The summed E-state index contributed by atoms with van der Waals surface area (Å²) in [7, 11) is 5.08. The van der Waals surface area contributed by atoms with Gasteiger partial charge in [-0.2, -0.15) is 0 Å². The Morgan fingerprint density at radius 3 is 2.48 bits per heavy atom. The summed E-state index contributed by atoms with van der Waals surface area (Å²) in [6, 6.07) is 10.9. The lowest BCUT2D eigenvalue weighted by atomic mass is 10.2. The standard InChI is InChI=1S/C21H26ClN3O4/c1-14-16(22)6-5-7-17(14)24-20(26)11-23-21(27)13-25(2)12-15-8-9-18(28-3)19(10-15)29-4/h5-10H,11-13H2,1-4H3,(H,23,27)(H,24,26)/p+1. The summed E-state index contributed by atoms with van der Waals surface area (Å²) in [5, 5.41) is 5.97. The molecule has 2 aromatic rings. The quantitative estimate of drug-likeness (QED) is 0.573. The van der Waals surface area contributed by atoms with E-state index in [0.717, 1.165) is 16.0 Å². The number of methoxy groups -OCH3 is 2. The topological polar surface area (TPSA) is 81.1 Å². The molecule has 0 aromatic heterocycles. The van der Waals surface area contributed by atoms with Crippen molar-refractivity contribution in [3.63, 3.8) is 0 Å². The number of carbonyl (C=O) groups excluding carboxylic acids is 2. The SMILES string of the molecule is COc1ccc(C[NH+](C)CC(=O)NCC(=O)Nc2cccc(Cl)c2C)cc1OC. The van der Waals surface area contributed by atoms with E-state index in [0.29, 0.717) is 28.8 Å². The van der Waals surface area contributed by atoms with Gasteiger partial charge < -0.3 is 25.0 Å². The number of halogens is 1. The third-order valence-electron chi connectivity index (χ3n) is 4.40. The van der Waals surface area contributed by atoms with Crippen LogP contribution in [0.2, 0.25) is 5.02 Å². The van der Waals surface area contributed by atoms with Gasteiger partial charge in [0.2, 0.25) is 5.91 Å². The van der Waals surface area contributed by atoms with E-state index < -0.39 is 0 Å². The second-order valence-corrected chi connectivity index (χ2v) is 7.14. The Morgan fingerprint density at radius 2 is 1.79 bits per heavy atom. The van der Waals surface area contributed by atoms with Gasteiger partial charge in [0.1, 0.15) is 6.54 Å². The summed E-state index contributed by atoms with van der Waals surface area (Å²) in [6.45, 7) is 2.58. The molecule has 0 saturated heterocycles. The molecule has 0 aliphatic heterocycles. The molecule has 0 spiro atoms. The number of ether oxygens (including phenoxy) is 2. The number of hydrogen-bond donors (Lipinski definition) is 3. The molecular weight excluding hydrogens is 394 g/mol. The first kappa shape index (κ1) is 22.5. The average molecular weight is 421 g/mol. The molecule has 2 aromatic carbocycles. The van der Waals surface area contributed by atoms with E-state index in [9.17, 15) is 9.59 Å². The molecule has 0 saturated carbocycles. The smallest absolute Gasteiger partial charge is 0.275 e. The van der Waals surface area contributed by atoms with Crippen molar-refractivity contribution < 1.29 is 24.0 Å². The number of amides is 2. The third kappa shape index (κ3) is 6.66. The van der Waals surface area contributed by atoms with Crippen LogP contribution < -0.4 is 25.0 Å². The highest BCUT2D eigenvalue weighted by Crippen LogP contribution is 2.27. The molecule has 29 heavy (non-hydrogen) atoms. The summed E-state index contributed by atoms with van der Waals surface area (Å²) in [4.78, 5) is 25.2. The van der Waals surface area contributed by atoms with Crippen LogP contribution in [0.1, 0.15) is 11.1 Å². The largest absolute Gasteiger partial charge is 0.493 e. The van der Waals surface area contributed by atoms with E-state index in [1.54, 1.807) is 32.4 Å². The van der Waals surface area contributed by atoms with Crippen molar-refractivity contribution in [1.82, 2.24) is 5.32 Å². The van der Waals surface area contributed by atoms with Gasteiger partial charge in [-0.05, 0) is 42.8 Å². The Bertz CT molecular complexity index is 873. The molecule has 0 aliphatic rings. The van der Waals surface area contributed by atoms with Crippen LogP contribution in [0.15, 0.2) is 36.4 Å². The van der Waals surface area contributed by atoms with E-state index in [2.05, 4.69) is 10.6 Å². The van der Waals surface area contributed by atoms with Gasteiger partial charge in [0.25, 0.3) is 5.91 Å². The van der Waals surface area contributed by atoms with Gasteiger partial charge in [-0.25, -0.2) is 0 Å². The molecule has 7 nitrogen and oxygen atoms in total. The zero-order chi connectivity index (χ0) is 21.4. The second-order valence-electron chi connectivity index (χ2n) is 6.74. The van der Waals surface area contributed by atoms with Gasteiger partial charge in [-0.15, -0.1) is 0 Å². The minimum atomic E-state index is -0.304. The Kier molecular flexibility index (Phi) is 8.30. The highest BCUT2D eigenvalue weighted by molar-refractivity contribution is 6.31. The van der Waals surface area contributed by atoms with Crippen LogP contribution in [-0.4, -0.2) is 46.2 Å². The van der Waals surface area contributed by atoms with Crippen molar-refractivity contribution in [3.8, 4) is 11.5 Å². The number of benzene rings is 2.